The Morgan fingerprint density at radius 3 is 2.19 bits per heavy atom. The van der Waals surface area contributed by atoms with E-state index in [2.05, 4.69) is 15.9 Å². The number of hydrogen-bond acceptors (Lipinski definition) is 1. The highest BCUT2D eigenvalue weighted by molar-refractivity contribution is 9.10. The van der Waals surface area contributed by atoms with E-state index in [9.17, 15) is 31.1 Å². The Labute approximate surface area is 124 Å². The lowest BCUT2D eigenvalue weighted by atomic mass is 10.1. The summed E-state index contributed by atoms with van der Waals surface area (Å²) in [5.41, 5.74) is -2.08. The minimum atomic E-state index is -4.84. The summed E-state index contributed by atoms with van der Waals surface area (Å²) in [6.07, 6.45) is -9.52. The Morgan fingerprint density at radius 2 is 1.76 bits per heavy atom. The van der Waals surface area contributed by atoms with Gasteiger partial charge in [-0.2, -0.15) is 26.3 Å². The molecule has 0 atom stereocenters. The predicted octanol–water partition coefficient (Wildman–Crippen LogP) is 4.49. The van der Waals surface area contributed by atoms with Crippen LogP contribution in [0.25, 0.3) is 0 Å². The van der Waals surface area contributed by atoms with E-state index in [0.717, 1.165) is 6.07 Å². The van der Waals surface area contributed by atoms with Crippen molar-refractivity contribution in [1.29, 1.82) is 0 Å². The zero-order valence-electron chi connectivity index (χ0n) is 10.6. The van der Waals surface area contributed by atoms with Crippen molar-refractivity contribution in [2.24, 2.45) is 0 Å². The van der Waals surface area contributed by atoms with Crippen molar-refractivity contribution in [3.63, 3.8) is 0 Å². The number of halogens is 7. The van der Waals surface area contributed by atoms with Gasteiger partial charge >= 0.3 is 12.4 Å². The molecule has 1 rings (SSSR count). The topological polar surface area (TPSA) is 20.3 Å². The van der Waals surface area contributed by atoms with E-state index in [1.165, 1.54) is 13.0 Å². The number of carbonyl (C=O) groups excluding carboxylic acids is 1. The molecule has 0 saturated heterocycles. The first-order valence-corrected chi connectivity index (χ1v) is 6.47. The molecule has 0 N–H and O–H groups in total. The molecule has 0 aliphatic heterocycles. The minimum Gasteiger partial charge on any atom is -0.330 e. The summed E-state index contributed by atoms with van der Waals surface area (Å²) in [6.45, 7) is -0.697. The van der Waals surface area contributed by atoms with Crippen molar-refractivity contribution < 1.29 is 31.1 Å². The van der Waals surface area contributed by atoms with E-state index in [1.807, 2.05) is 0 Å². The number of amides is 1. The van der Waals surface area contributed by atoms with Gasteiger partial charge in [0.2, 0.25) is 0 Å². The molecule has 0 aliphatic rings. The SMILES string of the molecule is CCN(CC(F)(F)F)C(=O)c1ccc(Br)cc1C(F)(F)F. The first-order valence-electron chi connectivity index (χ1n) is 5.68. The van der Waals surface area contributed by atoms with Crippen LogP contribution < -0.4 is 0 Å². The molecular weight excluding hydrogens is 368 g/mol. The molecule has 1 aromatic rings. The van der Waals surface area contributed by atoms with Gasteiger partial charge in [-0.3, -0.25) is 4.79 Å². The van der Waals surface area contributed by atoms with Gasteiger partial charge in [-0.15, -0.1) is 0 Å². The van der Waals surface area contributed by atoms with Crippen LogP contribution in [0.15, 0.2) is 22.7 Å². The highest BCUT2D eigenvalue weighted by Crippen LogP contribution is 2.34. The molecule has 118 valence electrons. The third kappa shape index (κ3) is 4.90. The van der Waals surface area contributed by atoms with E-state index in [0.29, 0.717) is 11.0 Å². The second-order valence-electron chi connectivity index (χ2n) is 4.12. The molecule has 1 amide bonds. The van der Waals surface area contributed by atoms with Gasteiger partial charge in [-0.25, -0.2) is 0 Å². The van der Waals surface area contributed by atoms with Crippen LogP contribution in [-0.2, 0) is 6.18 Å². The molecular formula is C12H10BrF6NO. The van der Waals surface area contributed by atoms with Crippen molar-refractivity contribution in [2.75, 3.05) is 13.1 Å². The minimum absolute atomic E-state index is 0.0743. The lowest BCUT2D eigenvalue weighted by Gasteiger charge is -2.24. The van der Waals surface area contributed by atoms with Crippen LogP contribution in [0.1, 0.15) is 22.8 Å². The molecule has 21 heavy (non-hydrogen) atoms. The van der Waals surface area contributed by atoms with Crippen molar-refractivity contribution >= 4 is 21.8 Å². The molecule has 1 aromatic carbocycles. The lowest BCUT2D eigenvalue weighted by molar-refractivity contribution is -0.141. The molecule has 0 aromatic heterocycles. The van der Waals surface area contributed by atoms with Crippen LogP contribution in [0, 0.1) is 0 Å². The molecule has 0 aliphatic carbocycles. The summed E-state index contributed by atoms with van der Waals surface area (Å²) in [5.74, 6) is -1.31. The number of nitrogens with zero attached hydrogens (tertiary/aromatic N) is 1. The van der Waals surface area contributed by atoms with Gasteiger partial charge in [0.1, 0.15) is 6.54 Å². The first-order chi connectivity index (χ1) is 9.45. The van der Waals surface area contributed by atoms with Crippen LogP contribution in [0.5, 0.6) is 0 Å². The van der Waals surface area contributed by atoms with Crippen molar-refractivity contribution in [3.8, 4) is 0 Å². The van der Waals surface area contributed by atoms with Gasteiger partial charge in [-0.1, -0.05) is 15.9 Å². The number of hydrogen-bond donors (Lipinski definition) is 0. The zero-order chi connectivity index (χ0) is 16.4. The van der Waals surface area contributed by atoms with Crippen LogP contribution in [-0.4, -0.2) is 30.1 Å². The third-order valence-electron chi connectivity index (χ3n) is 2.56. The number of benzene rings is 1. The molecule has 0 heterocycles. The van der Waals surface area contributed by atoms with Crippen LogP contribution in [0.2, 0.25) is 0 Å². The first kappa shape index (κ1) is 17.8. The summed E-state index contributed by atoms with van der Waals surface area (Å²) in [7, 11) is 0. The summed E-state index contributed by atoms with van der Waals surface area (Å²) >= 11 is 2.84. The quantitative estimate of drug-likeness (QED) is 0.710. The van der Waals surface area contributed by atoms with E-state index in [4.69, 9.17) is 0 Å². The van der Waals surface area contributed by atoms with Crippen LogP contribution >= 0.6 is 15.9 Å². The molecule has 0 fully saturated rings. The molecule has 9 heteroatoms. The maximum Gasteiger partial charge on any atom is 0.417 e. The predicted molar refractivity (Wildman–Crippen MR) is 66.8 cm³/mol. The van der Waals surface area contributed by atoms with Gasteiger partial charge in [0, 0.05) is 11.0 Å². The number of carbonyl (C=O) groups is 1. The molecule has 2 nitrogen and oxygen atoms in total. The Morgan fingerprint density at radius 1 is 1.19 bits per heavy atom. The average Bonchev–Trinajstić information content (AvgIpc) is 2.33. The Balaban J connectivity index is 3.23. The molecule has 0 spiro atoms. The second kappa shape index (κ2) is 6.25. The summed E-state index contributed by atoms with van der Waals surface area (Å²) in [5, 5.41) is 0. The highest BCUT2D eigenvalue weighted by Gasteiger charge is 2.38. The Bertz CT molecular complexity index is 525. The molecule has 0 bridgehead atoms. The van der Waals surface area contributed by atoms with Crippen molar-refractivity contribution in [1.82, 2.24) is 4.90 Å². The fourth-order valence-corrected chi connectivity index (χ4v) is 2.01. The number of rotatable bonds is 3. The zero-order valence-corrected chi connectivity index (χ0v) is 12.2. The van der Waals surface area contributed by atoms with Gasteiger partial charge in [0.05, 0.1) is 11.1 Å². The second-order valence-corrected chi connectivity index (χ2v) is 5.04. The smallest absolute Gasteiger partial charge is 0.330 e. The van der Waals surface area contributed by atoms with E-state index < -0.39 is 35.9 Å². The molecule has 0 saturated carbocycles. The van der Waals surface area contributed by atoms with Gasteiger partial charge in [0.25, 0.3) is 5.91 Å². The summed E-state index contributed by atoms with van der Waals surface area (Å²) < 4.78 is 75.7. The summed E-state index contributed by atoms with van der Waals surface area (Å²) in [4.78, 5) is 12.3. The highest BCUT2D eigenvalue weighted by atomic mass is 79.9. The fourth-order valence-electron chi connectivity index (χ4n) is 1.65. The Hall–Kier alpha value is -1.25. The number of alkyl halides is 6. The van der Waals surface area contributed by atoms with Crippen molar-refractivity contribution in [3.05, 3.63) is 33.8 Å². The van der Waals surface area contributed by atoms with E-state index in [1.54, 1.807) is 0 Å². The Kier molecular flexibility index (Phi) is 5.30. The fraction of sp³-hybridized carbons (Fsp3) is 0.417. The van der Waals surface area contributed by atoms with Crippen molar-refractivity contribution in [2.45, 2.75) is 19.3 Å². The van der Waals surface area contributed by atoms with E-state index >= 15 is 0 Å². The van der Waals surface area contributed by atoms with Crippen LogP contribution in [0.4, 0.5) is 26.3 Å². The third-order valence-corrected chi connectivity index (χ3v) is 3.05. The molecule has 0 radical (unpaired) electrons. The maximum absolute atomic E-state index is 12.9. The summed E-state index contributed by atoms with van der Waals surface area (Å²) in [6, 6.07) is 2.69. The van der Waals surface area contributed by atoms with Gasteiger partial charge in [-0.05, 0) is 25.1 Å². The van der Waals surface area contributed by atoms with Crippen LogP contribution in [0.3, 0.4) is 0 Å². The molecule has 0 unspecified atom stereocenters. The average molecular weight is 378 g/mol. The monoisotopic (exact) mass is 377 g/mol. The standard InChI is InChI=1S/C12H10BrF6NO/c1-2-20(6-11(14,15)16)10(21)8-4-3-7(13)5-9(8)12(17,18)19/h3-5H,2,6H2,1H3. The maximum atomic E-state index is 12.9. The van der Waals surface area contributed by atoms with Gasteiger partial charge < -0.3 is 4.90 Å². The van der Waals surface area contributed by atoms with E-state index in [-0.39, 0.29) is 11.0 Å². The van der Waals surface area contributed by atoms with Gasteiger partial charge in [0.15, 0.2) is 0 Å². The lowest BCUT2D eigenvalue weighted by Crippen LogP contribution is -2.39. The normalized spacial score (nSPS) is 12.4. The largest absolute Gasteiger partial charge is 0.417 e.